The van der Waals surface area contributed by atoms with Gasteiger partial charge < -0.3 is 10.1 Å². The van der Waals surface area contributed by atoms with Crippen molar-refractivity contribution in [2.45, 2.75) is 36.3 Å². The van der Waals surface area contributed by atoms with Gasteiger partial charge in [-0.05, 0) is 24.5 Å². The molecular weight excluding hydrogens is 254 g/mol. The predicted octanol–water partition coefficient (Wildman–Crippen LogP) is 2.21. The summed E-state index contributed by atoms with van der Waals surface area (Å²) in [5, 5.41) is 3.94. The molecule has 0 spiro atoms. The lowest BCUT2D eigenvalue weighted by Gasteiger charge is -2.10. The third-order valence-corrected chi connectivity index (χ3v) is 4.13. The first-order chi connectivity index (χ1) is 8.26. The number of nitrogens with zero attached hydrogens (tertiary/aromatic N) is 2. The Balaban J connectivity index is 2.13. The van der Waals surface area contributed by atoms with Crippen molar-refractivity contribution in [2.24, 2.45) is 0 Å². The normalized spacial score (nSPS) is 12.9. The van der Waals surface area contributed by atoms with Gasteiger partial charge in [0, 0.05) is 31.9 Å². The minimum absolute atomic E-state index is 0.523. The molecule has 1 unspecified atom stereocenters. The number of aryl methyl sites for hydroxylation is 1. The molecule has 1 N–H and O–H groups in total. The molecule has 0 aromatic carbocycles. The fraction of sp³-hybridized carbons (Fsp3) is 0.818. The smallest absolute Gasteiger partial charge is 0.170 e. The molecule has 1 aromatic heterocycles. The van der Waals surface area contributed by atoms with E-state index in [0.717, 1.165) is 42.7 Å². The molecule has 0 aliphatic carbocycles. The molecule has 1 atom stereocenters. The zero-order chi connectivity index (χ0) is 12.5. The van der Waals surface area contributed by atoms with E-state index in [1.54, 1.807) is 18.9 Å². The second-order valence-corrected chi connectivity index (χ2v) is 6.25. The second-order valence-electron chi connectivity index (χ2n) is 3.81. The van der Waals surface area contributed by atoms with Crippen molar-refractivity contribution in [1.82, 2.24) is 14.7 Å². The molecule has 1 heterocycles. The highest BCUT2D eigenvalue weighted by Gasteiger charge is 2.08. The van der Waals surface area contributed by atoms with Crippen molar-refractivity contribution in [3.8, 4) is 0 Å². The molecule has 0 bridgehead atoms. The molecule has 0 amide bonds. The molecule has 98 valence electrons. The second kappa shape index (κ2) is 8.85. The van der Waals surface area contributed by atoms with Crippen LogP contribution in [0.2, 0.25) is 0 Å². The van der Waals surface area contributed by atoms with Crippen LogP contribution in [0.5, 0.6) is 0 Å². The third-order valence-electron chi connectivity index (χ3n) is 2.20. The fourth-order valence-corrected chi connectivity index (χ4v) is 3.27. The Morgan fingerprint density at radius 2 is 2.35 bits per heavy atom. The van der Waals surface area contributed by atoms with Crippen molar-refractivity contribution >= 4 is 23.3 Å². The van der Waals surface area contributed by atoms with Crippen LogP contribution in [0.4, 0.5) is 0 Å². The van der Waals surface area contributed by atoms with Gasteiger partial charge >= 0.3 is 0 Å². The molecule has 4 nitrogen and oxygen atoms in total. The third kappa shape index (κ3) is 6.35. The number of hydrogen-bond acceptors (Lipinski definition) is 6. The molecule has 1 aromatic rings. The molecule has 0 aliphatic rings. The van der Waals surface area contributed by atoms with E-state index in [4.69, 9.17) is 4.74 Å². The van der Waals surface area contributed by atoms with E-state index in [1.165, 1.54) is 11.5 Å². The van der Waals surface area contributed by atoms with Gasteiger partial charge in [0.05, 0.1) is 0 Å². The largest absolute Gasteiger partial charge is 0.385 e. The van der Waals surface area contributed by atoms with Crippen molar-refractivity contribution in [3.63, 3.8) is 0 Å². The van der Waals surface area contributed by atoms with E-state index < -0.39 is 0 Å². The van der Waals surface area contributed by atoms with Crippen molar-refractivity contribution < 1.29 is 4.74 Å². The van der Waals surface area contributed by atoms with E-state index in [1.807, 2.05) is 0 Å². The van der Waals surface area contributed by atoms with E-state index in [2.05, 4.69) is 28.5 Å². The average Bonchev–Trinajstić information content (AvgIpc) is 2.76. The maximum atomic E-state index is 5.00. The highest BCUT2D eigenvalue weighted by molar-refractivity contribution is 8.01. The average molecular weight is 275 g/mol. The Hall–Kier alpha value is -0.170. The van der Waals surface area contributed by atoms with Gasteiger partial charge in [0.15, 0.2) is 4.34 Å². The minimum atomic E-state index is 0.523. The Bertz CT molecular complexity index is 307. The lowest BCUT2D eigenvalue weighted by atomic mass is 10.4. The van der Waals surface area contributed by atoms with Gasteiger partial charge in [0.1, 0.15) is 5.82 Å². The molecular formula is C11H21N3OS2. The maximum absolute atomic E-state index is 5.00. The van der Waals surface area contributed by atoms with Gasteiger partial charge in [-0.2, -0.15) is 4.37 Å². The lowest BCUT2D eigenvalue weighted by molar-refractivity contribution is 0.194. The summed E-state index contributed by atoms with van der Waals surface area (Å²) in [6.45, 7) is 7.12. The van der Waals surface area contributed by atoms with E-state index in [9.17, 15) is 0 Å². The van der Waals surface area contributed by atoms with Crippen LogP contribution < -0.4 is 5.32 Å². The van der Waals surface area contributed by atoms with Crippen LogP contribution in [0, 0.1) is 0 Å². The van der Waals surface area contributed by atoms with Crippen LogP contribution in [-0.2, 0) is 11.2 Å². The van der Waals surface area contributed by atoms with Crippen LogP contribution in [0.3, 0.4) is 0 Å². The minimum Gasteiger partial charge on any atom is -0.385 e. The molecule has 17 heavy (non-hydrogen) atoms. The Morgan fingerprint density at radius 3 is 3.00 bits per heavy atom. The first-order valence-corrected chi connectivity index (χ1v) is 7.60. The Labute approximate surface area is 112 Å². The summed E-state index contributed by atoms with van der Waals surface area (Å²) in [4.78, 5) is 4.45. The maximum Gasteiger partial charge on any atom is 0.170 e. The van der Waals surface area contributed by atoms with E-state index in [0.29, 0.717) is 5.25 Å². The molecule has 0 fully saturated rings. The Morgan fingerprint density at radius 1 is 1.53 bits per heavy atom. The summed E-state index contributed by atoms with van der Waals surface area (Å²) < 4.78 is 10.4. The fourth-order valence-electron chi connectivity index (χ4n) is 1.29. The molecule has 0 saturated carbocycles. The predicted molar refractivity (Wildman–Crippen MR) is 74.0 cm³/mol. The van der Waals surface area contributed by atoms with Crippen LogP contribution in [0.15, 0.2) is 4.34 Å². The Kier molecular flexibility index (Phi) is 7.75. The van der Waals surface area contributed by atoms with E-state index >= 15 is 0 Å². The summed E-state index contributed by atoms with van der Waals surface area (Å²) in [6.07, 6.45) is 1.98. The summed E-state index contributed by atoms with van der Waals surface area (Å²) in [6, 6.07) is 0. The summed E-state index contributed by atoms with van der Waals surface area (Å²) in [5.41, 5.74) is 0. The number of hydrogen-bond donors (Lipinski definition) is 1. The topological polar surface area (TPSA) is 47.0 Å². The SMILES string of the molecule is CCc1nsc(SC(C)CNCCCOC)n1. The van der Waals surface area contributed by atoms with Gasteiger partial charge in [0.25, 0.3) is 0 Å². The quantitative estimate of drug-likeness (QED) is 0.553. The number of nitrogens with one attached hydrogen (secondary N) is 1. The number of thioether (sulfide) groups is 1. The van der Waals surface area contributed by atoms with Gasteiger partial charge in [-0.3, -0.25) is 0 Å². The van der Waals surface area contributed by atoms with Crippen LogP contribution >= 0.6 is 23.3 Å². The zero-order valence-corrected chi connectivity index (χ0v) is 12.4. The van der Waals surface area contributed by atoms with Gasteiger partial charge in [-0.1, -0.05) is 25.6 Å². The number of ether oxygens (including phenoxy) is 1. The van der Waals surface area contributed by atoms with Gasteiger partial charge in [-0.25, -0.2) is 4.98 Å². The standard InChI is InChI=1S/C11H21N3OS2/c1-4-10-13-11(17-14-10)16-9(2)8-12-6-5-7-15-3/h9,12H,4-8H2,1-3H3. The number of rotatable bonds is 9. The summed E-state index contributed by atoms with van der Waals surface area (Å²) in [5.74, 6) is 0.956. The molecule has 0 radical (unpaired) electrons. The van der Waals surface area contributed by atoms with Crippen molar-refractivity contribution in [1.29, 1.82) is 0 Å². The summed E-state index contributed by atoms with van der Waals surface area (Å²) >= 11 is 3.30. The molecule has 0 saturated heterocycles. The highest BCUT2D eigenvalue weighted by atomic mass is 32.2. The zero-order valence-electron chi connectivity index (χ0n) is 10.7. The first kappa shape index (κ1) is 14.9. The van der Waals surface area contributed by atoms with Crippen LogP contribution in [0.1, 0.15) is 26.1 Å². The van der Waals surface area contributed by atoms with Crippen molar-refractivity contribution in [3.05, 3.63) is 5.82 Å². The molecule has 0 aliphatic heterocycles. The van der Waals surface area contributed by atoms with Crippen LogP contribution in [-0.4, -0.2) is 41.4 Å². The highest BCUT2D eigenvalue weighted by Crippen LogP contribution is 2.24. The van der Waals surface area contributed by atoms with Gasteiger partial charge in [-0.15, -0.1) is 0 Å². The van der Waals surface area contributed by atoms with Crippen LogP contribution in [0.25, 0.3) is 0 Å². The monoisotopic (exact) mass is 275 g/mol. The first-order valence-electron chi connectivity index (χ1n) is 5.95. The van der Waals surface area contributed by atoms with E-state index in [-0.39, 0.29) is 0 Å². The van der Waals surface area contributed by atoms with Gasteiger partial charge in [0.2, 0.25) is 0 Å². The molecule has 6 heteroatoms. The number of methoxy groups -OCH3 is 1. The lowest BCUT2D eigenvalue weighted by Crippen LogP contribution is -2.24. The number of aromatic nitrogens is 2. The molecule has 1 rings (SSSR count). The summed E-state index contributed by atoms with van der Waals surface area (Å²) in [7, 11) is 1.74. The van der Waals surface area contributed by atoms with Crippen molar-refractivity contribution in [2.75, 3.05) is 26.8 Å².